The van der Waals surface area contributed by atoms with E-state index in [4.69, 9.17) is 23.2 Å². The summed E-state index contributed by atoms with van der Waals surface area (Å²) in [6, 6.07) is 15.0. The van der Waals surface area contributed by atoms with Crippen LogP contribution >= 0.6 is 23.2 Å². The third-order valence-corrected chi connectivity index (χ3v) is 6.66. The van der Waals surface area contributed by atoms with Gasteiger partial charge in [0.05, 0.1) is 15.8 Å². The summed E-state index contributed by atoms with van der Waals surface area (Å²) in [6.07, 6.45) is 2.30. The maximum absolute atomic E-state index is 12.5. The number of sulfonamides is 1. The van der Waals surface area contributed by atoms with E-state index in [2.05, 4.69) is 21.8 Å². The molecule has 4 nitrogen and oxygen atoms in total. The van der Waals surface area contributed by atoms with Crippen LogP contribution in [0.4, 0.5) is 0 Å². The van der Waals surface area contributed by atoms with Crippen LogP contribution in [0.15, 0.2) is 48.5 Å². The van der Waals surface area contributed by atoms with Gasteiger partial charge in [0.1, 0.15) is 0 Å². The van der Waals surface area contributed by atoms with Crippen molar-refractivity contribution in [3.63, 3.8) is 0 Å². The molecule has 1 unspecified atom stereocenters. The SMILES string of the molecule is O=S(=O)(Cc1ccc(Cl)c(Cl)c1)NCC(c1ccccc1)N1CCCC1. The van der Waals surface area contributed by atoms with Crippen LogP contribution < -0.4 is 4.72 Å². The van der Waals surface area contributed by atoms with Crippen LogP contribution in [0.2, 0.25) is 10.0 Å². The fraction of sp³-hybridized carbons (Fsp3) is 0.368. The highest BCUT2D eigenvalue weighted by Crippen LogP contribution is 2.26. The van der Waals surface area contributed by atoms with E-state index in [0.29, 0.717) is 22.2 Å². The van der Waals surface area contributed by atoms with Gasteiger partial charge in [0.2, 0.25) is 10.0 Å². The van der Waals surface area contributed by atoms with Gasteiger partial charge in [0.15, 0.2) is 0 Å². The van der Waals surface area contributed by atoms with Crippen LogP contribution in [0.5, 0.6) is 0 Å². The maximum Gasteiger partial charge on any atom is 0.215 e. The van der Waals surface area contributed by atoms with E-state index in [1.54, 1.807) is 18.2 Å². The Labute approximate surface area is 165 Å². The summed E-state index contributed by atoms with van der Waals surface area (Å²) in [6.45, 7) is 2.34. The van der Waals surface area contributed by atoms with Crippen molar-refractivity contribution in [2.75, 3.05) is 19.6 Å². The van der Waals surface area contributed by atoms with Gasteiger partial charge < -0.3 is 0 Å². The smallest absolute Gasteiger partial charge is 0.215 e. The van der Waals surface area contributed by atoms with Gasteiger partial charge in [-0.15, -0.1) is 0 Å². The normalized spacial score (nSPS) is 16.7. The Morgan fingerprint density at radius 1 is 1.00 bits per heavy atom. The molecule has 7 heteroatoms. The molecule has 26 heavy (non-hydrogen) atoms. The van der Waals surface area contributed by atoms with Gasteiger partial charge in [-0.3, -0.25) is 4.90 Å². The Hall–Kier alpha value is -1.11. The lowest BCUT2D eigenvalue weighted by Crippen LogP contribution is -2.37. The highest BCUT2D eigenvalue weighted by molar-refractivity contribution is 7.88. The fourth-order valence-electron chi connectivity index (χ4n) is 3.29. The number of halogens is 2. The minimum absolute atomic E-state index is 0.0438. The van der Waals surface area contributed by atoms with Crippen LogP contribution in [0.3, 0.4) is 0 Å². The molecule has 0 radical (unpaired) electrons. The van der Waals surface area contributed by atoms with Gasteiger partial charge in [-0.05, 0) is 49.2 Å². The molecule has 0 spiro atoms. The number of likely N-dealkylation sites (tertiary alicyclic amines) is 1. The lowest BCUT2D eigenvalue weighted by molar-refractivity contribution is 0.246. The molecular formula is C19H22Cl2N2O2S. The van der Waals surface area contributed by atoms with Gasteiger partial charge in [0.25, 0.3) is 0 Å². The number of hydrogen-bond donors (Lipinski definition) is 1. The van der Waals surface area contributed by atoms with Gasteiger partial charge in [-0.1, -0.05) is 59.6 Å². The maximum atomic E-state index is 12.5. The van der Waals surface area contributed by atoms with Crippen molar-refractivity contribution in [3.05, 3.63) is 69.7 Å². The van der Waals surface area contributed by atoms with Crippen LogP contribution in [0.25, 0.3) is 0 Å². The largest absolute Gasteiger partial charge is 0.295 e. The van der Waals surface area contributed by atoms with E-state index in [1.807, 2.05) is 18.2 Å². The van der Waals surface area contributed by atoms with Crippen molar-refractivity contribution in [1.82, 2.24) is 9.62 Å². The molecular weight excluding hydrogens is 391 g/mol. The van der Waals surface area contributed by atoms with E-state index < -0.39 is 10.0 Å². The lowest BCUT2D eigenvalue weighted by Gasteiger charge is -2.28. The molecule has 3 rings (SSSR count). The molecule has 0 saturated carbocycles. The first-order chi connectivity index (χ1) is 12.4. The molecule has 1 aliphatic rings. The minimum atomic E-state index is -3.48. The number of nitrogens with zero attached hydrogens (tertiary/aromatic N) is 1. The molecule has 1 heterocycles. The zero-order valence-corrected chi connectivity index (χ0v) is 16.7. The summed E-state index contributed by atoms with van der Waals surface area (Å²) in [4.78, 5) is 2.34. The number of nitrogens with one attached hydrogen (secondary N) is 1. The Bertz CT molecular complexity index is 838. The van der Waals surface area contributed by atoms with E-state index in [0.717, 1.165) is 31.5 Å². The first kappa shape index (κ1) is 19.6. The van der Waals surface area contributed by atoms with Gasteiger partial charge in [-0.2, -0.15) is 0 Å². The molecule has 2 aromatic rings. The summed E-state index contributed by atoms with van der Waals surface area (Å²) in [5.74, 6) is -0.120. The van der Waals surface area contributed by atoms with Crippen LogP contribution in [-0.2, 0) is 15.8 Å². The van der Waals surface area contributed by atoms with E-state index >= 15 is 0 Å². The molecule has 140 valence electrons. The predicted octanol–water partition coefficient (Wildman–Crippen LogP) is 4.25. The van der Waals surface area contributed by atoms with Crippen molar-refractivity contribution >= 4 is 33.2 Å². The van der Waals surface area contributed by atoms with Crippen LogP contribution in [0.1, 0.15) is 30.0 Å². The Morgan fingerprint density at radius 3 is 2.35 bits per heavy atom. The molecule has 0 amide bonds. The van der Waals surface area contributed by atoms with E-state index in [1.165, 1.54) is 0 Å². The first-order valence-electron chi connectivity index (χ1n) is 8.65. The third-order valence-electron chi connectivity index (χ3n) is 4.60. The Morgan fingerprint density at radius 2 is 1.69 bits per heavy atom. The molecule has 1 fully saturated rings. The van der Waals surface area contributed by atoms with Gasteiger partial charge in [-0.25, -0.2) is 13.1 Å². The summed E-state index contributed by atoms with van der Waals surface area (Å²) < 4.78 is 27.9. The molecule has 1 aliphatic heterocycles. The lowest BCUT2D eigenvalue weighted by atomic mass is 10.1. The highest BCUT2D eigenvalue weighted by Gasteiger charge is 2.25. The van der Waals surface area contributed by atoms with Crippen LogP contribution in [-0.4, -0.2) is 33.0 Å². The zero-order valence-electron chi connectivity index (χ0n) is 14.4. The average Bonchev–Trinajstić information content (AvgIpc) is 3.13. The van der Waals surface area contributed by atoms with Gasteiger partial charge >= 0.3 is 0 Å². The van der Waals surface area contributed by atoms with Gasteiger partial charge in [0, 0.05) is 12.6 Å². The van der Waals surface area contributed by atoms with Crippen molar-refractivity contribution < 1.29 is 8.42 Å². The number of benzene rings is 2. The number of hydrogen-bond acceptors (Lipinski definition) is 3. The number of rotatable bonds is 7. The van der Waals surface area contributed by atoms with Crippen molar-refractivity contribution in [1.29, 1.82) is 0 Å². The zero-order chi connectivity index (χ0) is 18.6. The quantitative estimate of drug-likeness (QED) is 0.739. The molecule has 2 aromatic carbocycles. The topological polar surface area (TPSA) is 49.4 Å². The Balaban J connectivity index is 1.70. The fourth-order valence-corrected chi connectivity index (χ4v) is 4.74. The van der Waals surface area contributed by atoms with E-state index in [-0.39, 0.29) is 11.8 Å². The summed E-state index contributed by atoms with van der Waals surface area (Å²) >= 11 is 11.9. The molecule has 0 aliphatic carbocycles. The second-order valence-electron chi connectivity index (χ2n) is 6.53. The van der Waals surface area contributed by atoms with Crippen molar-refractivity contribution in [2.45, 2.75) is 24.6 Å². The third kappa shape index (κ3) is 5.21. The monoisotopic (exact) mass is 412 g/mol. The van der Waals surface area contributed by atoms with Crippen molar-refractivity contribution in [2.24, 2.45) is 0 Å². The molecule has 1 saturated heterocycles. The Kier molecular flexibility index (Phi) is 6.59. The standard InChI is InChI=1S/C19H22Cl2N2O2S/c20-17-9-8-15(12-18(17)21)14-26(24,25)22-13-19(23-10-4-5-11-23)16-6-2-1-3-7-16/h1-3,6-9,12,19,22H,4-5,10-11,13-14H2. The minimum Gasteiger partial charge on any atom is -0.295 e. The van der Waals surface area contributed by atoms with Crippen LogP contribution in [0, 0.1) is 0 Å². The summed E-state index contributed by atoms with van der Waals surface area (Å²) in [5, 5.41) is 0.776. The predicted molar refractivity (Wildman–Crippen MR) is 107 cm³/mol. The van der Waals surface area contributed by atoms with Crippen molar-refractivity contribution in [3.8, 4) is 0 Å². The molecule has 1 atom stereocenters. The second-order valence-corrected chi connectivity index (χ2v) is 9.15. The molecule has 0 aromatic heterocycles. The molecule has 1 N–H and O–H groups in total. The average molecular weight is 413 g/mol. The molecule has 0 bridgehead atoms. The second kappa shape index (κ2) is 8.72. The van der Waals surface area contributed by atoms with E-state index in [9.17, 15) is 8.42 Å². The summed E-state index contributed by atoms with van der Waals surface area (Å²) in [5.41, 5.74) is 1.75. The summed E-state index contributed by atoms with van der Waals surface area (Å²) in [7, 11) is -3.48. The first-order valence-corrected chi connectivity index (χ1v) is 11.1. The highest BCUT2D eigenvalue weighted by atomic mass is 35.5.